The van der Waals surface area contributed by atoms with Crippen LogP contribution in [0.1, 0.15) is 34.6 Å². The molecule has 0 heterocycles. The highest BCUT2D eigenvalue weighted by atomic mass is 35.5. The van der Waals surface area contributed by atoms with Gasteiger partial charge in [0.1, 0.15) is 5.75 Å². The Morgan fingerprint density at radius 2 is 1.73 bits per heavy atom. The molecule has 0 saturated carbocycles. The van der Waals surface area contributed by atoms with E-state index in [0.29, 0.717) is 0 Å². The standard InChI is InChI=1S/C14H14ClO6P/c1-3-19-22(18,20-4-2)21-9-5-6-10-11(7-9)13(16)8-12(15)14(10)17/h5-8H,3-4H2,1-2H3. The second-order valence-corrected chi connectivity index (χ2v) is 6.27. The minimum Gasteiger partial charge on any atom is -0.404 e. The molecule has 0 saturated heterocycles. The summed E-state index contributed by atoms with van der Waals surface area (Å²) < 4.78 is 27.6. The van der Waals surface area contributed by atoms with Crippen LogP contribution < -0.4 is 4.52 Å². The second kappa shape index (κ2) is 6.75. The SMILES string of the molecule is CCOP(=O)(OCC)Oc1ccc2c(c1)C(=O)C=C(Cl)C2=O. The summed E-state index contributed by atoms with van der Waals surface area (Å²) in [5.74, 6) is -0.759. The highest BCUT2D eigenvalue weighted by molar-refractivity contribution is 7.48. The molecule has 0 bridgehead atoms. The zero-order chi connectivity index (χ0) is 16.3. The van der Waals surface area contributed by atoms with Crippen molar-refractivity contribution in [2.24, 2.45) is 0 Å². The molecule has 2 rings (SSSR count). The molecule has 0 fully saturated rings. The molecule has 0 aliphatic heterocycles. The summed E-state index contributed by atoms with van der Waals surface area (Å²) in [6.45, 7) is 3.57. The summed E-state index contributed by atoms with van der Waals surface area (Å²) in [6, 6.07) is 4.12. The first kappa shape index (κ1) is 16.9. The number of phosphoric acid groups is 1. The third-order valence-electron chi connectivity index (χ3n) is 2.77. The number of ketones is 2. The maximum absolute atomic E-state index is 12.3. The van der Waals surface area contributed by atoms with Gasteiger partial charge in [-0.05, 0) is 32.0 Å². The average Bonchev–Trinajstić information content (AvgIpc) is 2.45. The maximum Gasteiger partial charge on any atom is 0.530 e. The molecule has 8 heteroatoms. The zero-order valence-corrected chi connectivity index (χ0v) is 13.6. The molecule has 1 aliphatic rings. The monoisotopic (exact) mass is 344 g/mol. The largest absolute Gasteiger partial charge is 0.530 e. The number of phosphoric ester groups is 1. The van der Waals surface area contributed by atoms with Gasteiger partial charge in [-0.3, -0.25) is 18.6 Å². The van der Waals surface area contributed by atoms with Crippen molar-refractivity contribution in [2.75, 3.05) is 13.2 Å². The van der Waals surface area contributed by atoms with E-state index < -0.39 is 19.4 Å². The van der Waals surface area contributed by atoms with Crippen molar-refractivity contribution in [2.45, 2.75) is 13.8 Å². The average molecular weight is 345 g/mol. The molecule has 0 aromatic heterocycles. The number of hydrogen-bond acceptors (Lipinski definition) is 6. The smallest absolute Gasteiger partial charge is 0.404 e. The highest BCUT2D eigenvalue weighted by Gasteiger charge is 2.29. The Kier molecular flexibility index (Phi) is 5.19. The van der Waals surface area contributed by atoms with Gasteiger partial charge in [0, 0.05) is 17.2 Å². The van der Waals surface area contributed by atoms with E-state index in [1.807, 2.05) is 0 Å². The van der Waals surface area contributed by atoms with Crippen LogP contribution in [-0.2, 0) is 13.6 Å². The minimum absolute atomic E-state index is 0.108. The molecule has 0 atom stereocenters. The van der Waals surface area contributed by atoms with Gasteiger partial charge < -0.3 is 4.52 Å². The minimum atomic E-state index is -3.76. The molecule has 1 aliphatic carbocycles. The van der Waals surface area contributed by atoms with Gasteiger partial charge in [-0.2, -0.15) is 0 Å². The third kappa shape index (κ3) is 3.47. The van der Waals surface area contributed by atoms with Crippen molar-refractivity contribution in [3.05, 3.63) is 40.4 Å². The highest BCUT2D eigenvalue weighted by Crippen LogP contribution is 2.49. The number of carbonyl (C=O) groups excluding carboxylic acids is 2. The van der Waals surface area contributed by atoms with Gasteiger partial charge >= 0.3 is 7.82 Å². The summed E-state index contributed by atoms with van der Waals surface area (Å²) in [5.41, 5.74) is 0.305. The van der Waals surface area contributed by atoms with Crippen molar-refractivity contribution in [3.63, 3.8) is 0 Å². The summed E-state index contributed by atoms with van der Waals surface area (Å²) >= 11 is 5.69. The number of halogens is 1. The zero-order valence-electron chi connectivity index (χ0n) is 12.0. The first-order valence-corrected chi connectivity index (χ1v) is 8.43. The fraction of sp³-hybridized carbons (Fsp3) is 0.286. The molecular formula is C14H14ClO6P. The van der Waals surface area contributed by atoms with E-state index in [1.54, 1.807) is 13.8 Å². The number of carbonyl (C=O) groups is 2. The normalized spacial score (nSPS) is 14.6. The number of fused-ring (bicyclic) bond motifs is 1. The maximum atomic E-state index is 12.3. The van der Waals surface area contributed by atoms with E-state index in [9.17, 15) is 14.2 Å². The fourth-order valence-corrected chi connectivity index (χ4v) is 3.29. The Bertz CT molecular complexity index is 687. The van der Waals surface area contributed by atoms with Gasteiger partial charge in [-0.25, -0.2) is 4.57 Å². The van der Waals surface area contributed by atoms with E-state index in [0.717, 1.165) is 6.08 Å². The lowest BCUT2D eigenvalue weighted by molar-refractivity contribution is 0.0990. The molecule has 0 unspecified atom stereocenters. The lowest BCUT2D eigenvalue weighted by atomic mass is 9.94. The quantitative estimate of drug-likeness (QED) is 0.731. The van der Waals surface area contributed by atoms with Gasteiger partial charge in [-0.1, -0.05) is 11.6 Å². The molecule has 1 aromatic carbocycles. The van der Waals surface area contributed by atoms with Crippen LogP contribution in [0.4, 0.5) is 0 Å². The predicted octanol–water partition coefficient (Wildman–Crippen LogP) is 3.75. The van der Waals surface area contributed by atoms with Crippen LogP contribution in [0.25, 0.3) is 0 Å². The van der Waals surface area contributed by atoms with Crippen molar-refractivity contribution < 1.29 is 27.7 Å². The predicted molar refractivity (Wildman–Crippen MR) is 80.5 cm³/mol. The third-order valence-corrected chi connectivity index (χ3v) is 4.63. The molecule has 0 spiro atoms. The van der Waals surface area contributed by atoms with Crippen molar-refractivity contribution in [3.8, 4) is 5.75 Å². The van der Waals surface area contributed by atoms with Crippen LogP contribution in [0, 0.1) is 0 Å². The number of benzene rings is 1. The Morgan fingerprint density at radius 3 is 2.32 bits per heavy atom. The molecule has 6 nitrogen and oxygen atoms in total. The lowest BCUT2D eigenvalue weighted by Crippen LogP contribution is -2.14. The number of hydrogen-bond donors (Lipinski definition) is 0. The Balaban J connectivity index is 2.34. The first-order valence-electron chi connectivity index (χ1n) is 6.59. The fourth-order valence-electron chi connectivity index (χ4n) is 1.90. The number of rotatable bonds is 6. The van der Waals surface area contributed by atoms with Crippen LogP contribution >= 0.6 is 19.4 Å². The van der Waals surface area contributed by atoms with Gasteiger partial charge in [0.15, 0.2) is 5.78 Å². The van der Waals surface area contributed by atoms with Crippen molar-refractivity contribution in [1.29, 1.82) is 0 Å². The van der Waals surface area contributed by atoms with E-state index in [2.05, 4.69) is 0 Å². The molecule has 0 N–H and O–H groups in total. The molecular weight excluding hydrogens is 331 g/mol. The van der Waals surface area contributed by atoms with Crippen LogP contribution in [-0.4, -0.2) is 24.8 Å². The molecule has 118 valence electrons. The summed E-state index contributed by atoms with van der Waals surface area (Å²) in [4.78, 5) is 23.8. The van der Waals surface area contributed by atoms with Crippen LogP contribution in [0.3, 0.4) is 0 Å². The molecule has 0 radical (unpaired) electrons. The Morgan fingerprint density at radius 1 is 1.09 bits per heavy atom. The van der Waals surface area contributed by atoms with Crippen LogP contribution in [0.5, 0.6) is 5.75 Å². The summed E-state index contributed by atoms with van der Waals surface area (Å²) in [7, 11) is -3.76. The van der Waals surface area contributed by atoms with E-state index >= 15 is 0 Å². The van der Waals surface area contributed by atoms with Gasteiger partial charge in [0.05, 0.1) is 18.2 Å². The van der Waals surface area contributed by atoms with Gasteiger partial charge in [0.25, 0.3) is 0 Å². The van der Waals surface area contributed by atoms with Gasteiger partial charge in [-0.15, -0.1) is 0 Å². The summed E-state index contributed by atoms with van der Waals surface area (Å²) in [6.07, 6.45) is 1.04. The van der Waals surface area contributed by atoms with Gasteiger partial charge in [0.2, 0.25) is 5.78 Å². The summed E-state index contributed by atoms with van der Waals surface area (Å²) in [5, 5.41) is -0.138. The first-order chi connectivity index (χ1) is 10.4. The van der Waals surface area contributed by atoms with Crippen LogP contribution in [0.2, 0.25) is 0 Å². The Labute approximate surface area is 132 Å². The molecule has 1 aromatic rings. The van der Waals surface area contributed by atoms with Crippen LogP contribution in [0.15, 0.2) is 29.3 Å². The van der Waals surface area contributed by atoms with E-state index in [1.165, 1.54) is 18.2 Å². The topological polar surface area (TPSA) is 78.9 Å². The second-order valence-electron chi connectivity index (χ2n) is 4.27. The van der Waals surface area contributed by atoms with E-state index in [4.69, 9.17) is 25.2 Å². The number of Topliss-reactive ketones (excluding diaryl/α,β-unsaturated/α-hetero) is 1. The lowest BCUT2D eigenvalue weighted by Gasteiger charge is -2.18. The molecule has 22 heavy (non-hydrogen) atoms. The van der Waals surface area contributed by atoms with Crippen molar-refractivity contribution in [1.82, 2.24) is 0 Å². The molecule has 0 amide bonds. The number of allylic oxidation sites excluding steroid dienone is 2. The van der Waals surface area contributed by atoms with Crippen molar-refractivity contribution >= 4 is 31.0 Å². The van der Waals surface area contributed by atoms with E-state index in [-0.39, 0.29) is 35.1 Å². The Hall–Kier alpha value is -1.46.